The average molecular weight is 450 g/mol. The van der Waals surface area contributed by atoms with Gasteiger partial charge in [0.2, 0.25) is 0 Å². The molecule has 0 aliphatic heterocycles. The van der Waals surface area contributed by atoms with Gasteiger partial charge in [-0.3, -0.25) is 4.98 Å². The number of rotatable bonds is 9. The molecule has 1 aromatic carbocycles. The minimum Gasteiger partial charge on any atom is -0.411 e. The summed E-state index contributed by atoms with van der Waals surface area (Å²) in [6, 6.07) is 14.7. The van der Waals surface area contributed by atoms with Crippen LogP contribution in [0.5, 0.6) is 0 Å². The van der Waals surface area contributed by atoms with Crippen molar-refractivity contribution in [2.24, 2.45) is 0 Å². The quantitative estimate of drug-likeness (QED) is 0.392. The summed E-state index contributed by atoms with van der Waals surface area (Å²) in [4.78, 5) is 4.78. The fourth-order valence-electron chi connectivity index (χ4n) is 2.49. The van der Waals surface area contributed by atoms with Crippen molar-refractivity contribution in [3.63, 3.8) is 0 Å². The maximum absolute atomic E-state index is 6.29. The Bertz CT molecular complexity index is 728. The second kappa shape index (κ2) is 9.96. The third-order valence-electron chi connectivity index (χ3n) is 5.29. The number of nitrogens with zero attached hydrogens (tertiary/aromatic N) is 1. The Kier molecular flexibility index (Phi) is 8.22. The highest BCUT2D eigenvalue weighted by Crippen LogP contribution is 2.36. The Morgan fingerprint density at radius 2 is 1.67 bits per heavy atom. The van der Waals surface area contributed by atoms with Gasteiger partial charge in [-0.1, -0.05) is 54.9 Å². The van der Waals surface area contributed by atoms with E-state index in [1.165, 1.54) is 5.56 Å². The van der Waals surface area contributed by atoms with Gasteiger partial charge in [0.15, 0.2) is 8.32 Å². The molecule has 2 rings (SSSR count). The van der Waals surface area contributed by atoms with Gasteiger partial charge in [0.1, 0.15) is 0 Å². The molecular weight excluding hydrogens is 416 g/mol. The maximum atomic E-state index is 6.29. The summed E-state index contributed by atoms with van der Waals surface area (Å²) in [5, 5.41) is 3.74. The predicted octanol–water partition coefficient (Wildman–Crippen LogP) is 5.74. The molecule has 3 nitrogen and oxygen atoms in total. The van der Waals surface area contributed by atoms with E-state index in [0.717, 1.165) is 41.8 Å². The molecule has 5 heteroatoms. The molecule has 148 valence electrons. The Morgan fingerprint density at radius 1 is 1.00 bits per heavy atom. The normalized spacial score (nSPS) is 12.4. The van der Waals surface area contributed by atoms with E-state index >= 15 is 0 Å². The molecule has 27 heavy (non-hydrogen) atoms. The molecule has 0 atom stereocenters. The van der Waals surface area contributed by atoms with Gasteiger partial charge in [-0.25, -0.2) is 0 Å². The maximum Gasteiger partial charge on any atom is 0.192 e. The van der Waals surface area contributed by atoms with Crippen molar-refractivity contribution < 1.29 is 4.43 Å². The smallest absolute Gasteiger partial charge is 0.192 e. The lowest BCUT2D eigenvalue weighted by Crippen LogP contribution is -2.40. The van der Waals surface area contributed by atoms with Gasteiger partial charge in [-0.2, -0.15) is 0 Å². The topological polar surface area (TPSA) is 34.1 Å². The van der Waals surface area contributed by atoms with Gasteiger partial charge < -0.3 is 9.74 Å². The predicted molar refractivity (Wildman–Crippen MR) is 121 cm³/mol. The largest absolute Gasteiger partial charge is 0.411 e. The zero-order valence-electron chi connectivity index (χ0n) is 17.3. The van der Waals surface area contributed by atoms with Crippen molar-refractivity contribution in [1.29, 1.82) is 0 Å². The van der Waals surface area contributed by atoms with Crippen LogP contribution < -0.4 is 5.32 Å². The summed E-state index contributed by atoms with van der Waals surface area (Å²) in [5.41, 5.74) is 3.51. The van der Waals surface area contributed by atoms with Crippen LogP contribution in [-0.4, -0.2) is 26.4 Å². The second-order valence-electron chi connectivity index (χ2n) is 8.55. The number of benzene rings is 1. The number of hydrogen-bond acceptors (Lipinski definition) is 3. The van der Waals surface area contributed by atoms with Gasteiger partial charge in [-0.05, 0) is 60.9 Å². The van der Waals surface area contributed by atoms with Crippen LogP contribution in [0.25, 0.3) is 0 Å². The van der Waals surface area contributed by atoms with Crippen LogP contribution in [0.4, 0.5) is 0 Å². The molecule has 0 aliphatic carbocycles. The van der Waals surface area contributed by atoms with Gasteiger partial charge in [0.05, 0.1) is 12.3 Å². The highest BCUT2D eigenvalue weighted by Gasteiger charge is 2.37. The van der Waals surface area contributed by atoms with Gasteiger partial charge >= 0.3 is 0 Å². The number of hydrogen-bond donors (Lipinski definition) is 1. The first kappa shape index (κ1) is 22.3. The summed E-state index contributed by atoms with van der Waals surface area (Å²) in [5.74, 6) is 0. The average Bonchev–Trinajstić information content (AvgIpc) is 2.59. The summed E-state index contributed by atoms with van der Waals surface area (Å²) < 4.78 is 7.43. The molecule has 0 saturated carbocycles. The molecule has 1 heterocycles. The van der Waals surface area contributed by atoms with E-state index in [1.54, 1.807) is 0 Å². The molecule has 0 spiro atoms. The molecular formula is C22H33BrN2OSi. The number of nitrogens with one attached hydrogen (secondary N) is 1. The Hall–Kier alpha value is -1.01. The molecule has 0 saturated heterocycles. The van der Waals surface area contributed by atoms with Gasteiger partial charge in [-0.15, -0.1) is 0 Å². The molecule has 0 bridgehead atoms. The molecule has 0 unspecified atom stereocenters. The van der Waals surface area contributed by atoms with E-state index in [0.29, 0.717) is 6.61 Å². The first-order chi connectivity index (χ1) is 12.7. The fourth-order valence-corrected chi connectivity index (χ4v) is 3.87. The Morgan fingerprint density at radius 3 is 2.37 bits per heavy atom. The third-order valence-corrected chi connectivity index (χ3v) is 10.3. The molecule has 0 radical (unpaired) electrons. The van der Waals surface area contributed by atoms with Crippen molar-refractivity contribution in [2.75, 3.05) is 13.1 Å². The lowest BCUT2D eigenvalue weighted by atomic mass is 10.1. The van der Waals surface area contributed by atoms with E-state index < -0.39 is 8.32 Å². The highest BCUT2D eigenvalue weighted by molar-refractivity contribution is 9.10. The van der Waals surface area contributed by atoms with Gasteiger partial charge in [0, 0.05) is 23.1 Å². The molecule has 1 aromatic heterocycles. The minimum absolute atomic E-state index is 0.225. The monoisotopic (exact) mass is 448 g/mol. The van der Waals surface area contributed by atoms with Gasteiger partial charge in [0.25, 0.3) is 0 Å². The molecule has 0 amide bonds. The number of aromatic nitrogens is 1. The second-order valence-corrected chi connectivity index (χ2v) is 14.3. The fraction of sp³-hybridized carbons (Fsp3) is 0.500. The number of pyridine rings is 1. The van der Waals surface area contributed by atoms with Crippen molar-refractivity contribution in [1.82, 2.24) is 10.3 Å². The van der Waals surface area contributed by atoms with Crippen molar-refractivity contribution in [2.45, 2.75) is 58.4 Å². The lowest BCUT2D eigenvalue weighted by Gasteiger charge is -2.36. The zero-order valence-corrected chi connectivity index (χ0v) is 19.9. The summed E-state index contributed by atoms with van der Waals surface area (Å²) in [6.07, 6.45) is 1.97. The van der Waals surface area contributed by atoms with Crippen LogP contribution in [-0.2, 0) is 23.9 Å². The van der Waals surface area contributed by atoms with E-state index in [9.17, 15) is 0 Å². The van der Waals surface area contributed by atoms with E-state index in [2.05, 4.69) is 97.6 Å². The summed E-state index contributed by atoms with van der Waals surface area (Å²) >= 11 is 3.52. The van der Waals surface area contributed by atoms with Crippen LogP contribution in [0, 0.1) is 0 Å². The summed E-state index contributed by atoms with van der Waals surface area (Å²) in [6.45, 7) is 13.9. The SMILES string of the molecule is CC(C)(C)[Si](C)(C)OCc1cccc(CCNCCc2cccc(Br)c2)n1. The minimum atomic E-state index is -1.73. The molecule has 0 aliphatic rings. The molecule has 1 N–H and O–H groups in total. The van der Waals surface area contributed by atoms with Crippen LogP contribution >= 0.6 is 15.9 Å². The standard InChI is InChI=1S/C22H33BrN2OSi/c1-22(2,3)27(4,5)26-17-21-11-7-10-20(25-21)13-15-24-14-12-18-8-6-9-19(23)16-18/h6-11,16,24H,12-15,17H2,1-5H3. The first-order valence-electron chi connectivity index (χ1n) is 9.71. The molecule has 2 aromatic rings. The van der Waals surface area contributed by atoms with E-state index in [-0.39, 0.29) is 5.04 Å². The van der Waals surface area contributed by atoms with Crippen molar-refractivity contribution in [3.8, 4) is 0 Å². The van der Waals surface area contributed by atoms with Crippen LogP contribution in [0.15, 0.2) is 46.9 Å². The lowest BCUT2D eigenvalue weighted by molar-refractivity contribution is 0.272. The van der Waals surface area contributed by atoms with Crippen LogP contribution in [0.3, 0.4) is 0 Å². The summed E-state index contributed by atoms with van der Waals surface area (Å²) in [7, 11) is -1.73. The van der Waals surface area contributed by atoms with E-state index in [1.807, 2.05) is 0 Å². The van der Waals surface area contributed by atoms with Crippen molar-refractivity contribution in [3.05, 3.63) is 63.9 Å². The van der Waals surface area contributed by atoms with Crippen LogP contribution in [0.1, 0.15) is 37.7 Å². The Balaban J connectivity index is 1.75. The van der Waals surface area contributed by atoms with Crippen LogP contribution in [0.2, 0.25) is 18.1 Å². The van der Waals surface area contributed by atoms with E-state index in [4.69, 9.17) is 9.41 Å². The molecule has 0 fully saturated rings. The van der Waals surface area contributed by atoms with Crippen molar-refractivity contribution >= 4 is 24.2 Å². The number of halogens is 1. The zero-order chi connectivity index (χ0) is 19.9. The first-order valence-corrected chi connectivity index (χ1v) is 13.4. The highest BCUT2D eigenvalue weighted by atomic mass is 79.9. The Labute approximate surface area is 174 Å². The third kappa shape index (κ3) is 7.49.